The van der Waals surface area contributed by atoms with Crippen LogP contribution < -0.4 is 51.4 Å². The van der Waals surface area contributed by atoms with Crippen molar-refractivity contribution in [1.29, 1.82) is 0 Å². The van der Waals surface area contributed by atoms with Gasteiger partial charge in [-0.25, -0.2) is 9.97 Å². The van der Waals surface area contributed by atoms with E-state index < -0.39 is 22.4 Å². The number of aromatic nitrogens is 2. The maximum Gasteiger partial charge on any atom is 1.00 e. The molecule has 1 rings (SSSR count). The number of hydrogen-bond donors (Lipinski definition) is 0. The van der Waals surface area contributed by atoms with Crippen LogP contribution in [0.4, 0.5) is 0 Å². The zero-order chi connectivity index (χ0) is 11.4. The fourth-order valence-electron chi connectivity index (χ4n) is 1.16. The molecule has 0 N–H and O–H groups in total. The van der Waals surface area contributed by atoms with Gasteiger partial charge in [-0.15, -0.1) is 0 Å². The molecule has 0 radical (unpaired) electrons. The van der Waals surface area contributed by atoms with Crippen molar-refractivity contribution in [2.45, 2.75) is 25.2 Å². The summed E-state index contributed by atoms with van der Waals surface area (Å²) < 4.78 is 26.7. The maximum absolute atomic E-state index is 10.8. The molecule has 0 aromatic carbocycles. The molecule has 0 fully saturated rings. The van der Waals surface area contributed by atoms with E-state index in [0.29, 0.717) is 5.82 Å². The topological polar surface area (TPSA) is 75.1 Å². The Kier molecular flexibility index (Phi) is 8.38. The average molecular weight is 268 g/mol. The van der Waals surface area contributed by atoms with Crippen molar-refractivity contribution >= 4 is 11.1 Å². The van der Waals surface area contributed by atoms with Gasteiger partial charge in [-0.3, -0.25) is 4.21 Å². The van der Waals surface area contributed by atoms with E-state index in [1.807, 2.05) is 6.92 Å². The van der Waals surface area contributed by atoms with Crippen molar-refractivity contribution in [2.24, 2.45) is 0 Å². The van der Waals surface area contributed by atoms with Crippen LogP contribution in [0, 0.1) is 6.92 Å². The van der Waals surface area contributed by atoms with E-state index in [-0.39, 0.29) is 51.4 Å². The molecular formula is C9H13KN2O3S. The third-order valence-electron chi connectivity index (χ3n) is 2.04. The second kappa shape index (κ2) is 7.99. The molecule has 0 spiro atoms. The molecule has 0 saturated heterocycles. The summed E-state index contributed by atoms with van der Waals surface area (Å²) in [7, 11) is 1.44. The first kappa shape index (κ1) is 16.8. The predicted octanol–water partition coefficient (Wildman–Crippen LogP) is -2.26. The minimum absolute atomic E-state index is 0. The van der Waals surface area contributed by atoms with Gasteiger partial charge in [-0.05, 0) is 30.5 Å². The first-order chi connectivity index (χ1) is 7.06. The van der Waals surface area contributed by atoms with E-state index in [2.05, 4.69) is 9.97 Å². The second-order valence-electron chi connectivity index (χ2n) is 3.24. The largest absolute Gasteiger partial charge is 1.00 e. The Hall–Kier alpha value is 0.786. The van der Waals surface area contributed by atoms with Gasteiger partial charge >= 0.3 is 51.4 Å². The van der Waals surface area contributed by atoms with E-state index in [1.54, 1.807) is 19.3 Å². The summed E-state index contributed by atoms with van der Waals surface area (Å²) in [6, 6.07) is 0. The molecule has 1 unspecified atom stereocenters. The van der Waals surface area contributed by atoms with Crippen molar-refractivity contribution in [1.82, 2.24) is 9.97 Å². The Morgan fingerprint density at radius 1 is 1.44 bits per heavy atom. The first-order valence-electron chi connectivity index (χ1n) is 4.45. The van der Waals surface area contributed by atoms with Crippen LogP contribution >= 0.6 is 0 Å². The van der Waals surface area contributed by atoms with E-state index in [1.165, 1.54) is 7.11 Å². The van der Waals surface area contributed by atoms with Gasteiger partial charge in [0.2, 0.25) is 0 Å². The summed E-state index contributed by atoms with van der Waals surface area (Å²) in [5.41, 5.74) is 0.921. The quantitative estimate of drug-likeness (QED) is 0.455. The van der Waals surface area contributed by atoms with E-state index in [9.17, 15) is 8.76 Å². The molecule has 0 aliphatic heterocycles. The number of nitrogens with zero attached hydrogens (tertiary/aromatic N) is 2. The number of methoxy groups -OCH3 is 1. The number of hydrogen-bond acceptors (Lipinski definition) is 5. The van der Waals surface area contributed by atoms with E-state index in [0.717, 1.165) is 5.56 Å². The van der Waals surface area contributed by atoms with Gasteiger partial charge in [0.1, 0.15) is 6.10 Å². The van der Waals surface area contributed by atoms with E-state index >= 15 is 0 Å². The summed E-state index contributed by atoms with van der Waals surface area (Å²) >= 11 is -2.20. The van der Waals surface area contributed by atoms with E-state index in [4.69, 9.17) is 4.74 Å². The SMILES string of the molecule is CO[C@H](c1ncc(C)cn1)[C@H](C)S(=O)[O-].[K+]. The second-order valence-corrected chi connectivity index (χ2v) is 4.51. The van der Waals surface area contributed by atoms with Crippen LogP contribution in [0.2, 0.25) is 0 Å². The third-order valence-corrected chi connectivity index (χ3v) is 2.89. The molecular weight excluding hydrogens is 255 g/mol. The van der Waals surface area contributed by atoms with Gasteiger partial charge in [0.15, 0.2) is 5.82 Å². The summed E-state index contributed by atoms with van der Waals surface area (Å²) in [6.07, 6.45) is 2.65. The number of aryl methyl sites for hydroxylation is 1. The van der Waals surface area contributed by atoms with Crippen molar-refractivity contribution < 1.29 is 64.9 Å². The smallest absolute Gasteiger partial charge is 0.772 e. The number of ether oxygens (including phenoxy) is 1. The van der Waals surface area contributed by atoms with Crippen molar-refractivity contribution in [3.8, 4) is 0 Å². The summed E-state index contributed by atoms with van der Waals surface area (Å²) in [5.74, 6) is 0.389. The molecule has 5 nitrogen and oxygen atoms in total. The molecule has 84 valence electrons. The first-order valence-corrected chi connectivity index (χ1v) is 5.59. The van der Waals surface area contributed by atoms with Gasteiger partial charge in [-0.1, -0.05) is 0 Å². The maximum atomic E-state index is 10.8. The fourth-order valence-corrected chi connectivity index (χ4v) is 1.59. The minimum atomic E-state index is -2.20. The molecule has 0 aliphatic carbocycles. The molecule has 1 heterocycles. The zero-order valence-corrected chi connectivity index (χ0v) is 13.8. The molecule has 1 aromatic rings. The Morgan fingerprint density at radius 2 is 1.94 bits per heavy atom. The zero-order valence-electron chi connectivity index (χ0n) is 9.84. The van der Waals surface area contributed by atoms with Gasteiger partial charge < -0.3 is 9.29 Å². The Morgan fingerprint density at radius 3 is 2.31 bits per heavy atom. The molecule has 1 aromatic heterocycles. The summed E-state index contributed by atoms with van der Waals surface area (Å²) in [5, 5.41) is -0.669. The Labute approximate surface area is 140 Å². The predicted molar refractivity (Wildman–Crippen MR) is 54.9 cm³/mol. The van der Waals surface area contributed by atoms with Gasteiger partial charge in [-0.2, -0.15) is 0 Å². The van der Waals surface area contributed by atoms with Crippen LogP contribution in [0.15, 0.2) is 12.4 Å². The van der Waals surface area contributed by atoms with Crippen LogP contribution in [-0.2, 0) is 15.8 Å². The Bertz CT molecular complexity index is 347. The third kappa shape index (κ3) is 4.57. The molecule has 0 bridgehead atoms. The average Bonchev–Trinajstić information content (AvgIpc) is 2.21. The molecule has 3 atom stereocenters. The fraction of sp³-hybridized carbons (Fsp3) is 0.556. The van der Waals surface area contributed by atoms with Gasteiger partial charge in [0.25, 0.3) is 0 Å². The van der Waals surface area contributed by atoms with Crippen LogP contribution in [0.1, 0.15) is 24.4 Å². The monoisotopic (exact) mass is 268 g/mol. The van der Waals surface area contributed by atoms with Crippen molar-refractivity contribution in [2.75, 3.05) is 7.11 Å². The number of rotatable bonds is 4. The molecule has 16 heavy (non-hydrogen) atoms. The molecule has 0 saturated carbocycles. The normalized spacial score (nSPS) is 16.0. The van der Waals surface area contributed by atoms with Crippen LogP contribution in [0.25, 0.3) is 0 Å². The molecule has 0 aliphatic rings. The van der Waals surface area contributed by atoms with Crippen molar-refractivity contribution in [3.63, 3.8) is 0 Å². The van der Waals surface area contributed by atoms with Crippen LogP contribution in [0.5, 0.6) is 0 Å². The standard InChI is InChI=1S/C9H14N2O3S.K/c1-6-4-10-9(11-5-6)8(14-3)7(2)15(12)13;/h4-5,7-8H,1-3H3,(H,12,13);/q;+1/p-1/t7-,8-;/m0./s1. The van der Waals surface area contributed by atoms with Crippen LogP contribution in [-0.4, -0.2) is 31.1 Å². The summed E-state index contributed by atoms with van der Waals surface area (Å²) in [6.45, 7) is 3.42. The molecule has 7 heteroatoms. The van der Waals surface area contributed by atoms with Gasteiger partial charge in [0, 0.05) is 19.5 Å². The Balaban J connectivity index is 0.00000225. The molecule has 0 amide bonds. The summed E-state index contributed by atoms with van der Waals surface area (Å²) in [4.78, 5) is 8.09. The van der Waals surface area contributed by atoms with Gasteiger partial charge in [0.05, 0.1) is 5.25 Å². The van der Waals surface area contributed by atoms with Crippen LogP contribution in [0.3, 0.4) is 0 Å². The van der Waals surface area contributed by atoms with Crippen molar-refractivity contribution in [3.05, 3.63) is 23.8 Å². The minimum Gasteiger partial charge on any atom is -0.772 e.